The van der Waals surface area contributed by atoms with Crippen LogP contribution in [0.1, 0.15) is 70.4 Å². The van der Waals surface area contributed by atoms with Crippen LogP contribution in [0.25, 0.3) is 0 Å². The number of aromatic hydroxyl groups is 1. The van der Waals surface area contributed by atoms with Gasteiger partial charge in [0.15, 0.2) is 11.5 Å². The SMILES string of the molecule is CO[C@@H]1C([C@](C)(O)C(C)(C)C)[C@H]2CC[C@@]13Oc1c(O)ccc4c1C1C[N@@+](CC5CC5)(C4)CC2[C@@H]13. The number of nitrogens with zero attached hydrogens (tertiary/aromatic N) is 1. The van der Waals surface area contributed by atoms with Gasteiger partial charge in [0, 0.05) is 47.8 Å². The number of phenolic OH excluding ortho intramolecular Hbond substituents is 1. The van der Waals surface area contributed by atoms with Gasteiger partial charge >= 0.3 is 0 Å². The highest BCUT2D eigenvalue weighted by Gasteiger charge is 2.75. The minimum atomic E-state index is -0.881. The molecule has 3 unspecified atom stereocenters. The van der Waals surface area contributed by atoms with Gasteiger partial charge in [0.2, 0.25) is 0 Å². The Labute approximate surface area is 204 Å². The Kier molecular flexibility index (Phi) is 4.21. The molecule has 4 saturated carbocycles. The van der Waals surface area contributed by atoms with E-state index in [1.165, 1.54) is 48.1 Å². The number of aliphatic hydroxyl groups is 1. The number of benzene rings is 1. The number of hydrogen-bond acceptors (Lipinski definition) is 4. The van der Waals surface area contributed by atoms with Gasteiger partial charge in [-0.3, -0.25) is 0 Å². The average molecular weight is 469 g/mol. The lowest BCUT2D eigenvalue weighted by atomic mass is 9.42. The highest BCUT2D eigenvalue weighted by molar-refractivity contribution is 5.56. The Balaban J connectivity index is 1.44. The first-order chi connectivity index (χ1) is 16.0. The molecule has 5 fully saturated rings. The molecule has 2 N–H and O–H groups in total. The quantitative estimate of drug-likeness (QED) is 0.641. The van der Waals surface area contributed by atoms with Crippen LogP contribution in [0.2, 0.25) is 0 Å². The lowest BCUT2D eigenvalue weighted by molar-refractivity contribution is -0.956. The lowest BCUT2D eigenvalue weighted by Crippen LogP contribution is -2.79. The second kappa shape index (κ2) is 6.52. The van der Waals surface area contributed by atoms with Gasteiger partial charge in [-0.1, -0.05) is 20.8 Å². The van der Waals surface area contributed by atoms with Gasteiger partial charge in [-0.15, -0.1) is 0 Å². The highest BCUT2D eigenvalue weighted by Crippen LogP contribution is 2.70. The maximum Gasteiger partial charge on any atom is 0.166 e. The second-order valence-corrected chi connectivity index (χ2v) is 14.1. The zero-order chi connectivity index (χ0) is 23.8. The summed E-state index contributed by atoms with van der Waals surface area (Å²) >= 11 is 0. The monoisotopic (exact) mass is 468 g/mol. The molecule has 1 spiro atoms. The summed E-state index contributed by atoms with van der Waals surface area (Å²) in [7, 11) is 1.81. The predicted molar refractivity (Wildman–Crippen MR) is 130 cm³/mol. The number of hydrogen-bond donors (Lipinski definition) is 2. The Morgan fingerprint density at radius 3 is 2.56 bits per heavy atom. The van der Waals surface area contributed by atoms with Crippen molar-refractivity contribution in [1.82, 2.24) is 0 Å². The fourth-order valence-electron chi connectivity index (χ4n) is 9.68. The summed E-state index contributed by atoms with van der Waals surface area (Å²) in [5.74, 6) is 3.68. The van der Waals surface area contributed by atoms with Gasteiger partial charge in [-0.2, -0.15) is 0 Å². The van der Waals surface area contributed by atoms with E-state index in [4.69, 9.17) is 9.47 Å². The van der Waals surface area contributed by atoms with Crippen LogP contribution in [-0.4, -0.2) is 58.7 Å². The molecule has 34 heavy (non-hydrogen) atoms. The second-order valence-electron chi connectivity index (χ2n) is 14.1. The predicted octanol–water partition coefficient (Wildman–Crippen LogP) is 4.45. The molecule has 9 atom stereocenters. The van der Waals surface area contributed by atoms with E-state index in [1.807, 2.05) is 20.1 Å². The first kappa shape index (κ1) is 21.9. The smallest absolute Gasteiger partial charge is 0.166 e. The van der Waals surface area contributed by atoms with Crippen molar-refractivity contribution in [2.75, 3.05) is 26.7 Å². The zero-order valence-corrected chi connectivity index (χ0v) is 21.5. The Bertz CT molecular complexity index is 1040. The fraction of sp³-hybridized carbons (Fsp3) is 0.793. The molecular weight excluding hydrogens is 426 g/mol. The van der Waals surface area contributed by atoms with Crippen LogP contribution in [0.4, 0.5) is 0 Å². The van der Waals surface area contributed by atoms with Gasteiger partial charge in [-0.25, -0.2) is 0 Å². The fourth-order valence-corrected chi connectivity index (χ4v) is 9.68. The molecule has 186 valence electrons. The molecule has 1 aromatic carbocycles. The molecule has 7 aliphatic rings. The molecule has 3 aliphatic heterocycles. The van der Waals surface area contributed by atoms with Gasteiger partial charge < -0.3 is 24.2 Å². The molecular formula is C29H42NO4+. The van der Waals surface area contributed by atoms with E-state index >= 15 is 0 Å². The van der Waals surface area contributed by atoms with Crippen LogP contribution in [-0.2, 0) is 11.3 Å². The molecule has 3 heterocycles. The van der Waals surface area contributed by atoms with Crippen molar-refractivity contribution in [1.29, 1.82) is 0 Å². The summed E-state index contributed by atoms with van der Waals surface area (Å²) in [6.07, 6.45) is 4.62. The standard InChI is InChI=1S/C29H41NO4/c1-27(2,3)28(4,32)24-18-10-11-29(26(24)33-5)23-19(18)14-30(12-16-6-7-16)13-17-8-9-21(31)25(34-29)22(17)20(23)15-30/h8-9,16,18-20,23-24,26,32H,6-7,10-15H2,1-5H3/p+1/t18-,19?,20?,23-,24?,26+,28-,29-,30-/m0/s1. The summed E-state index contributed by atoms with van der Waals surface area (Å²) in [5, 5.41) is 23.2. The van der Waals surface area contributed by atoms with Crippen LogP contribution >= 0.6 is 0 Å². The van der Waals surface area contributed by atoms with Crippen molar-refractivity contribution in [3.63, 3.8) is 0 Å². The average Bonchev–Trinajstić information content (AvgIpc) is 3.57. The largest absolute Gasteiger partial charge is 0.504 e. The highest BCUT2D eigenvalue weighted by atomic mass is 16.6. The normalized spacial score (nSPS) is 45.5. The van der Waals surface area contributed by atoms with E-state index in [2.05, 4.69) is 26.8 Å². The molecule has 5 heteroatoms. The van der Waals surface area contributed by atoms with Gasteiger partial charge in [0.25, 0.3) is 0 Å². The van der Waals surface area contributed by atoms with Crippen LogP contribution in [0.15, 0.2) is 12.1 Å². The number of ether oxygens (including phenoxy) is 2. The Morgan fingerprint density at radius 1 is 1.12 bits per heavy atom. The van der Waals surface area contributed by atoms with Crippen LogP contribution in [0.3, 0.4) is 0 Å². The van der Waals surface area contributed by atoms with E-state index in [0.717, 1.165) is 31.1 Å². The van der Waals surface area contributed by atoms with Crippen molar-refractivity contribution in [2.24, 2.45) is 35.0 Å². The number of methoxy groups -OCH3 is 1. The molecule has 8 rings (SSSR count). The maximum absolute atomic E-state index is 12.1. The summed E-state index contributed by atoms with van der Waals surface area (Å²) in [4.78, 5) is 0. The molecule has 0 radical (unpaired) electrons. The minimum Gasteiger partial charge on any atom is -0.504 e. The molecule has 0 amide bonds. The van der Waals surface area contributed by atoms with Gasteiger partial charge in [0.1, 0.15) is 18.2 Å². The molecule has 1 aromatic rings. The molecule has 4 aliphatic carbocycles. The summed E-state index contributed by atoms with van der Waals surface area (Å²) in [5.41, 5.74) is 1.06. The Hall–Kier alpha value is -1.30. The first-order valence-corrected chi connectivity index (χ1v) is 13.7. The van der Waals surface area contributed by atoms with Crippen molar-refractivity contribution in [2.45, 2.75) is 83.1 Å². The number of quaternary nitrogens is 1. The van der Waals surface area contributed by atoms with Crippen molar-refractivity contribution in [3.05, 3.63) is 23.3 Å². The number of piperidine rings is 1. The van der Waals surface area contributed by atoms with E-state index in [9.17, 15) is 10.2 Å². The van der Waals surface area contributed by atoms with E-state index < -0.39 is 11.2 Å². The zero-order valence-electron chi connectivity index (χ0n) is 21.5. The first-order valence-electron chi connectivity index (χ1n) is 13.7. The minimum absolute atomic E-state index is 0.0142. The van der Waals surface area contributed by atoms with E-state index in [-0.39, 0.29) is 23.2 Å². The maximum atomic E-state index is 12.1. The lowest BCUT2D eigenvalue weighted by Gasteiger charge is -2.71. The molecule has 0 aromatic heterocycles. The van der Waals surface area contributed by atoms with Crippen molar-refractivity contribution >= 4 is 0 Å². The molecule has 1 saturated heterocycles. The third-order valence-corrected chi connectivity index (χ3v) is 11.5. The molecule has 4 bridgehead atoms. The number of rotatable bonds is 4. The Morgan fingerprint density at radius 2 is 1.88 bits per heavy atom. The van der Waals surface area contributed by atoms with E-state index in [1.54, 1.807) is 0 Å². The van der Waals surface area contributed by atoms with Crippen LogP contribution in [0, 0.1) is 35.0 Å². The van der Waals surface area contributed by atoms with Crippen molar-refractivity contribution in [3.8, 4) is 11.5 Å². The number of phenols is 1. The summed E-state index contributed by atoms with van der Waals surface area (Å²) in [6.45, 7) is 13.3. The van der Waals surface area contributed by atoms with Gasteiger partial charge in [-0.05, 0) is 56.1 Å². The third-order valence-electron chi connectivity index (χ3n) is 11.5. The van der Waals surface area contributed by atoms with Gasteiger partial charge in [0.05, 0.1) is 25.2 Å². The molecule has 5 nitrogen and oxygen atoms in total. The topological polar surface area (TPSA) is 58.9 Å². The van der Waals surface area contributed by atoms with E-state index in [0.29, 0.717) is 23.7 Å². The van der Waals surface area contributed by atoms with Crippen LogP contribution in [0.5, 0.6) is 11.5 Å². The third kappa shape index (κ3) is 2.57. The van der Waals surface area contributed by atoms with Crippen LogP contribution < -0.4 is 4.74 Å². The summed E-state index contributed by atoms with van der Waals surface area (Å²) < 4.78 is 14.6. The van der Waals surface area contributed by atoms with Crippen molar-refractivity contribution < 1.29 is 24.2 Å². The number of fused-ring (bicyclic) bond motifs is 3. The summed E-state index contributed by atoms with van der Waals surface area (Å²) in [6, 6.07) is 4.03.